The van der Waals surface area contributed by atoms with Crippen LogP contribution in [0.2, 0.25) is 5.02 Å². The van der Waals surface area contributed by atoms with Gasteiger partial charge in [-0.1, -0.05) is 54.1 Å². The Bertz CT molecular complexity index is 1220. The number of sulfone groups is 1. The molecule has 1 saturated heterocycles. The van der Waals surface area contributed by atoms with Crippen LogP contribution < -0.4 is 5.32 Å². The number of halogens is 1. The molecule has 1 fully saturated rings. The number of rotatable bonds is 7. The zero-order valence-electron chi connectivity index (χ0n) is 18.2. The van der Waals surface area contributed by atoms with Crippen LogP contribution in [0.15, 0.2) is 83.8 Å². The number of amides is 1. The number of carbonyl (C=O) groups excluding carboxylic acids is 1. The number of nitrogens with one attached hydrogen (secondary N) is 1. The lowest BCUT2D eigenvalue weighted by molar-refractivity contribution is 0.0487. The maximum absolute atomic E-state index is 13.0. The molecule has 4 rings (SSSR count). The highest BCUT2D eigenvalue weighted by Gasteiger charge is 2.35. The maximum Gasteiger partial charge on any atom is 0.251 e. The second-order valence-electron chi connectivity index (χ2n) is 8.36. The number of ether oxygens (including phenoxy) is 1. The third-order valence-corrected chi connectivity index (χ3v) is 8.06. The van der Waals surface area contributed by atoms with Gasteiger partial charge in [0.1, 0.15) is 0 Å². The highest BCUT2D eigenvalue weighted by molar-refractivity contribution is 7.90. The minimum Gasteiger partial charge on any atom is -0.381 e. The van der Waals surface area contributed by atoms with E-state index in [1.54, 1.807) is 54.6 Å². The summed E-state index contributed by atoms with van der Waals surface area (Å²) >= 11 is 6.23. The number of benzene rings is 3. The molecule has 0 radical (unpaired) electrons. The van der Waals surface area contributed by atoms with Gasteiger partial charge in [-0.15, -0.1) is 0 Å². The first-order valence-corrected chi connectivity index (χ1v) is 12.9. The number of carbonyl (C=O) groups is 1. The van der Waals surface area contributed by atoms with E-state index in [9.17, 15) is 13.2 Å². The van der Waals surface area contributed by atoms with E-state index in [-0.39, 0.29) is 22.0 Å². The van der Waals surface area contributed by atoms with Crippen molar-refractivity contribution in [3.8, 4) is 0 Å². The van der Waals surface area contributed by atoms with E-state index in [4.69, 9.17) is 16.3 Å². The van der Waals surface area contributed by atoms with Crippen molar-refractivity contribution in [2.75, 3.05) is 19.8 Å². The summed E-state index contributed by atoms with van der Waals surface area (Å²) in [5.74, 6) is -0.399. The van der Waals surface area contributed by atoms with Crippen molar-refractivity contribution in [3.05, 3.63) is 101 Å². The Morgan fingerprint density at radius 2 is 1.67 bits per heavy atom. The van der Waals surface area contributed by atoms with Gasteiger partial charge in [0.2, 0.25) is 0 Å². The molecule has 172 valence electrons. The Labute approximate surface area is 199 Å². The van der Waals surface area contributed by atoms with E-state index in [2.05, 4.69) is 5.32 Å². The molecule has 1 aliphatic heterocycles. The molecule has 1 aliphatic rings. The highest BCUT2D eigenvalue weighted by atomic mass is 35.5. The minimum absolute atomic E-state index is 0.165. The summed E-state index contributed by atoms with van der Waals surface area (Å²) < 4.78 is 31.0. The van der Waals surface area contributed by atoms with Crippen molar-refractivity contribution in [3.63, 3.8) is 0 Å². The van der Waals surface area contributed by atoms with Crippen LogP contribution in [-0.4, -0.2) is 34.1 Å². The average Bonchev–Trinajstić information content (AvgIpc) is 2.83. The van der Waals surface area contributed by atoms with Crippen LogP contribution in [0.4, 0.5) is 0 Å². The first kappa shape index (κ1) is 23.5. The third kappa shape index (κ3) is 5.64. The SMILES string of the molecule is O=C(NCC1(c2cccc(Cl)c2)CCOCC1)c1cccc(CS(=O)(=O)c2ccccc2)c1. The molecule has 3 aromatic carbocycles. The van der Waals surface area contributed by atoms with Gasteiger partial charge in [-0.3, -0.25) is 4.79 Å². The fourth-order valence-electron chi connectivity index (χ4n) is 4.23. The van der Waals surface area contributed by atoms with E-state index in [0.717, 1.165) is 18.4 Å². The second kappa shape index (κ2) is 10.1. The van der Waals surface area contributed by atoms with Gasteiger partial charge < -0.3 is 10.1 Å². The molecular formula is C26H26ClNO4S. The Morgan fingerprint density at radius 1 is 0.939 bits per heavy atom. The van der Waals surface area contributed by atoms with Crippen LogP contribution in [0.5, 0.6) is 0 Å². The summed E-state index contributed by atoms with van der Waals surface area (Å²) in [4.78, 5) is 13.3. The fourth-order valence-corrected chi connectivity index (χ4v) is 5.78. The molecule has 0 aliphatic carbocycles. The second-order valence-corrected chi connectivity index (χ2v) is 10.8. The summed E-state index contributed by atoms with van der Waals surface area (Å²) in [5.41, 5.74) is 1.83. The van der Waals surface area contributed by atoms with Crippen LogP contribution >= 0.6 is 11.6 Å². The molecule has 0 spiro atoms. The van der Waals surface area contributed by atoms with E-state index in [1.807, 2.05) is 24.3 Å². The van der Waals surface area contributed by atoms with Crippen molar-refractivity contribution < 1.29 is 17.9 Å². The lowest BCUT2D eigenvalue weighted by Gasteiger charge is -2.38. The molecule has 3 aromatic rings. The van der Waals surface area contributed by atoms with Crippen molar-refractivity contribution in [2.24, 2.45) is 0 Å². The van der Waals surface area contributed by atoms with Gasteiger partial charge in [0.25, 0.3) is 5.91 Å². The Morgan fingerprint density at radius 3 is 2.39 bits per heavy atom. The summed E-state index contributed by atoms with van der Waals surface area (Å²) in [6.45, 7) is 1.69. The molecule has 0 unspecified atom stereocenters. The zero-order valence-corrected chi connectivity index (χ0v) is 19.7. The predicted octanol–water partition coefficient (Wildman–Crippen LogP) is 4.79. The molecule has 7 heteroatoms. The number of hydrogen-bond acceptors (Lipinski definition) is 4. The van der Waals surface area contributed by atoms with Crippen molar-refractivity contribution >= 4 is 27.3 Å². The molecule has 1 heterocycles. The van der Waals surface area contributed by atoms with Crippen molar-refractivity contribution in [1.82, 2.24) is 5.32 Å². The number of hydrogen-bond donors (Lipinski definition) is 1. The lowest BCUT2D eigenvalue weighted by atomic mass is 9.74. The van der Waals surface area contributed by atoms with Gasteiger partial charge in [-0.25, -0.2) is 8.42 Å². The summed E-state index contributed by atoms with van der Waals surface area (Å²) in [5, 5.41) is 3.73. The maximum atomic E-state index is 13.0. The molecular weight excluding hydrogens is 458 g/mol. The van der Waals surface area contributed by atoms with Gasteiger partial charge >= 0.3 is 0 Å². The monoisotopic (exact) mass is 483 g/mol. The van der Waals surface area contributed by atoms with Crippen LogP contribution in [-0.2, 0) is 25.7 Å². The summed E-state index contributed by atoms with van der Waals surface area (Å²) in [7, 11) is -3.49. The Balaban J connectivity index is 1.49. The van der Waals surface area contributed by atoms with Gasteiger partial charge in [-0.05, 0) is 60.4 Å². The minimum atomic E-state index is -3.49. The highest BCUT2D eigenvalue weighted by Crippen LogP contribution is 2.35. The van der Waals surface area contributed by atoms with Gasteiger partial charge in [-0.2, -0.15) is 0 Å². The van der Waals surface area contributed by atoms with E-state index in [1.165, 1.54) is 0 Å². The molecule has 0 bridgehead atoms. The van der Waals surface area contributed by atoms with Gasteiger partial charge in [0, 0.05) is 35.8 Å². The Kier molecular flexibility index (Phi) is 7.17. The van der Waals surface area contributed by atoms with Gasteiger partial charge in [0.15, 0.2) is 9.84 Å². The first-order valence-electron chi connectivity index (χ1n) is 10.9. The molecule has 0 atom stereocenters. The van der Waals surface area contributed by atoms with Crippen LogP contribution in [0.1, 0.15) is 34.3 Å². The third-order valence-electron chi connectivity index (χ3n) is 6.12. The van der Waals surface area contributed by atoms with E-state index < -0.39 is 9.84 Å². The van der Waals surface area contributed by atoms with Crippen molar-refractivity contribution in [1.29, 1.82) is 0 Å². The molecule has 1 amide bonds. The summed E-state index contributed by atoms with van der Waals surface area (Å²) in [6, 6.07) is 22.9. The quantitative estimate of drug-likeness (QED) is 0.524. The fraction of sp³-hybridized carbons (Fsp3) is 0.269. The average molecular weight is 484 g/mol. The van der Waals surface area contributed by atoms with E-state index >= 15 is 0 Å². The summed E-state index contributed by atoms with van der Waals surface area (Å²) in [6.07, 6.45) is 1.56. The van der Waals surface area contributed by atoms with Crippen LogP contribution in [0.25, 0.3) is 0 Å². The molecule has 5 nitrogen and oxygen atoms in total. The van der Waals surface area contributed by atoms with Crippen LogP contribution in [0, 0.1) is 0 Å². The molecule has 0 aromatic heterocycles. The molecule has 0 saturated carbocycles. The van der Waals surface area contributed by atoms with Gasteiger partial charge in [0.05, 0.1) is 10.6 Å². The lowest BCUT2D eigenvalue weighted by Crippen LogP contribution is -2.44. The zero-order chi connectivity index (χ0) is 23.3. The standard InChI is InChI=1S/C26H26ClNO4S/c27-23-9-5-8-22(17-23)26(12-14-32-15-13-26)19-28-25(29)21-7-4-6-20(16-21)18-33(30,31)24-10-2-1-3-11-24/h1-11,16-17H,12-15,18-19H2,(H,28,29). The largest absolute Gasteiger partial charge is 0.381 e. The Hall–Kier alpha value is -2.67. The first-order chi connectivity index (χ1) is 15.9. The normalized spacial score (nSPS) is 15.7. The molecule has 33 heavy (non-hydrogen) atoms. The van der Waals surface area contributed by atoms with Crippen LogP contribution in [0.3, 0.4) is 0 Å². The topological polar surface area (TPSA) is 72.5 Å². The molecule has 1 N–H and O–H groups in total. The van der Waals surface area contributed by atoms with Crippen molar-refractivity contribution in [2.45, 2.75) is 28.9 Å². The predicted molar refractivity (Wildman–Crippen MR) is 129 cm³/mol. The smallest absolute Gasteiger partial charge is 0.251 e. The van der Waals surface area contributed by atoms with E-state index in [0.29, 0.717) is 35.9 Å².